The molecule has 0 aliphatic heterocycles. The lowest BCUT2D eigenvalue weighted by molar-refractivity contribution is -0.137. The quantitative estimate of drug-likeness (QED) is 0.761. The van der Waals surface area contributed by atoms with Crippen molar-refractivity contribution in [2.45, 2.75) is 6.18 Å². The summed E-state index contributed by atoms with van der Waals surface area (Å²) >= 11 is 5.48. The smallest absolute Gasteiger partial charge is 0.364 e. The third-order valence-corrected chi connectivity index (χ3v) is 2.33. The summed E-state index contributed by atoms with van der Waals surface area (Å²) in [6, 6.07) is 5.06. The molecule has 0 amide bonds. The molecule has 16 heavy (non-hydrogen) atoms. The largest absolute Gasteiger partial charge is 0.417 e. The second-order valence-electron chi connectivity index (χ2n) is 3.08. The molecule has 1 aromatic carbocycles. The van der Waals surface area contributed by atoms with Crippen LogP contribution in [0.4, 0.5) is 13.2 Å². The van der Waals surface area contributed by atoms with Gasteiger partial charge in [-0.05, 0) is 12.1 Å². The van der Waals surface area contributed by atoms with E-state index in [2.05, 4.69) is 9.68 Å². The molecule has 1 aromatic heterocycles. The van der Waals surface area contributed by atoms with Crippen LogP contribution in [0.1, 0.15) is 5.56 Å². The van der Waals surface area contributed by atoms with Gasteiger partial charge >= 0.3 is 6.18 Å². The summed E-state index contributed by atoms with van der Waals surface area (Å²) < 4.78 is 42.2. The fraction of sp³-hybridized carbons (Fsp3) is 0.100. The van der Waals surface area contributed by atoms with Crippen LogP contribution in [0.3, 0.4) is 0 Å². The Bertz CT molecular complexity index is 493. The van der Waals surface area contributed by atoms with Gasteiger partial charge in [-0.1, -0.05) is 22.8 Å². The highest BCUT2D eigenvalue weighted by molar-refractivity contribution is 6.31. The fourth-order valence-corrected chi connectivity index (χ4v) is 1.49. The first-order chi connectivity index (χ1) is 7.48. The van der Waals surface area contributed by atoms with Crippen molar-refractivity contribution in [1.29, 1.82) is 0 Å². The summed E-state index contributed by atoms with van der Waals surface area (Å²) in [6.07, 6.45) is -3.19. The maximum atomic E-state index is 12.5. The van der Waals surface area contributed by atoms with Crippen molar-refractivity contribution in [3.63, 3.8) is 0 Å². The van der Waals surface area contributed by atoms with E-state index in [-0.39, 0.29) is 5.02 Å². The van der Waals surface area contributed by atoms with E-state index >= 15 is 0 Å². The van der Waals surface area contributed by atoms with Gasteiger partial charge < -0.3 is 4.52 Å². The monoisotopic (exact) mass is 247 g/mol. The molecule has 0 N–H and O–H groups in total. The molecule has 0 aliphatic rings. The van der Waals surface area contributed by atoms with Crippen molar-refractivity contribution in [2.75, 3.05) is 0 Å². The summed E-state index contributed by atoms with van der Waals surface area (Å²) in [7, 11) is 0. The highest BCUT2D eigenvalue weighted by Crippen LogP contribution is 2.36. The second kappa shape index (κ2) is 3.83. The Hall–Kier alpha value is -1.49. The van der Waals surface area contributed by atoms with Crippen LogP contribution in [0.25, 0.3) is 11.3 Å². The SMILES string of the molecule is FC(F)(F)c1cc(-c2ccon2)ccc1Cl. The van der Waals surface area contributed by atoms with Gasteiger partial charge in [0.2, 0.25) is 0 Å². The van der Waals surface area contributed by atoms with Crippen LogP contribution in [0, 0.1) is 0 Å². The van der Waals surface area contributed by atoms with Crippen LogP contribution in [-0.4, -0.2) is 5.16 Å². The normalized spacial score (nSPS) is 11.8. The molecule has 0 saturated carbocycles. The van der Waals surface area contributed by atoms with Gasteiger partial charge in [0.15, 0.2) is 0 Å². The van der Waals surface area contributed by atoms with Crippen LogP contribution in [0.2, 0.25) is 5.02 Å². The number of benzene rings is 1. The Labute approximate surface area is 93.6 Å². The molecule has 1 heterocycles. The lowest BCUT2D eigenvalue weighted by Gasteiger charge is -2.09. The number of hydrogen-bond acceptors (Lipinski definition) is 2. The van der Waals surface area contributed by atoms with Crippen molar-refractivity contribution in [1.82, 2.24) is 5.16 Å². The molecule has 84 valence electrons. The van der Waals surface area contributed by atoms with Crippen LogP contribution < -0.4 is 0 Å². The average molecular weight is 248 g/mol. The average Bonchev–Trinajstić information content (AvgIpc) is 2.69. The van der Waals surface area contributed by atoms with Gasteiger partial charge in [-0.25, -0.2) is 0 Å². The topological polar surface area (TPSA) is 26.0 Å². The molecule has 0 saturated heterocycles. The number of aromatic nitrogens is 1. The summed E-state index contributed by atoms with van der Waals surface area (Å²) in [5, 5.41) is 3.22. The van der Waals surface area contributed by atoms with E-state index in [1.54, 1.807) is 0 Å². The second-order valence-corrected chi connectivity index (χ2v) is 3.48. The molecular weight excluding hydrogens is 243 g/mol. The molecule has 2 nitrogen and oxygen atoms in total. The number of hydrogen-bond donors (Lipinski definition) is 0. The van der Waals surface area contributed by atoms with Gasteiger partial charge in [-0.15, -0.1) is 0 Å². The molecular formula is C10H5ClF3NO. The van der Waals surface area contributed by atoms with Gasteiger partial charge in [0.25, 0.3) is 0 Å². The summed E-state index contributed by atoms with van der Waals surface area (Å²) in [5.41, 5.74) is -0.234. The maximum Gasteiger partial charge on any atom is 0.417 e. The van der Waals surface area contributed by atoms with E-state index in [0.29, 0.717) is 11.3 Å². The van der Waals surface area contributed by atoms with Crippen molar-refractivity contribution >= 4 is 11.6 Å². The van der Waals surface area contributed by atoms with Crippen molar-refractivity contribution in [3.05, 3.63) is 41.1 Å². The Balaban J connectivity index is 2.52. The zero-order valence-electron chi connectivity index (χ0n) is 7.75. The minimum absolute atomic E-state index is 0.311. The predicted octanol–water partition coefficient (Wildman–Crippen LogP) is 4.01. The minimum atomic E-state index is -4.48. The Morgan fingerprint density at radius 2 is 1.94 bits per heavy atom. The molecule has 0 radical (unpaired) electrons. The highest BCUT2D eigenvalue weighted by Gasteiger charge is 2.33. The van der Waals surface area contributed by atoms with Crippen molar-refractivity contribution < 1.29 is 17.7 Å². The van der Waals surface area contributed by atoms with E-state index in [1.807, 2.05) is 0 Å². The minimum Gasteiger partial charge on any atom is -0.364 e. The molecule has 0 spiro atoms. The summed E-state index contributed by atoms with van der Waals surface area (Å²) in [6.45, 7) is 0. The van der Waals surface area contributed by atoms with E-state index in [9.17, 15) is 13.2 Å². The highest BCUT2D eigenvalue weighted by atomic mass is 35.5. The predicted molar refractivity (Wildman–Crippen MR) is 52.0 cm³/mol. The first kappa shape index (κ1) is 11.0. The van der Waals surface area contributed by atoms with Gasteiger partial charge in [0, 0.05) is 11.6 Å². The van der Waals surface area contributed by atoms with Gasteiger partial charge in [-0.2, -0.15) is 13.2 Å². The number of halogens is 4. The van der Waals surface area contributed by atoms with Gasteiger partial charge in [-0.3, -0.25) is 0 Å². The van der Waals surface area contributed by atoms with Gasteiger partial charge in [0.05, 0.1) is 10.6 Å². The lowest BCUT2D eigenvalue weighted by Crippen LogP contribution is -2.05. The number of alkyl halides is 3. The zero-order valence-corrected chi connectivity index (χ0v) is 8.51. The summed E-state index contributed by atoms with van der Waals surface area (Å²) in [4.78, 5) is 0. The molecule has 0 unspecified atom stereocenters. The van der Waals surface area contributed by atoms with Crippen molar-refractivity contribution in [2.24, 2.45) is 0 Å². The Morgan fingerprint density at radius 3 is 2.50 bits per heavy atom. The molecule has 0 bridgehead atoms. The molecule has 2 aromatic rings. The Morgan fingerprint density at radius 1 is 1.19 bits per heavy atom. The molecule has 6 heteroatoms. The zero-order chi connectivity index (χ0) is 11.8. The number of rotatable bonds is 1. The Kier molecular flexibility index (Phi) is 2.63. The fourth-order valence-electron chi connectivity index (χ4n) is 1.26. The van der Waals surface area contributed by atoms with E-state index in [0.717, 1.165) is 6.07 Å². The van der Waals surface area contributed by atoms with Crippen LogP contribution in [0.15, 0.2) is 35.1 Å². The third kappa shape index (κ3) is 2.04. The third-order valence-electron chi connectivity index (χ3n) is 2.01. The van der Waals surface area contributed by atoms with Gasteiger partial charge in [0.1, 0.15) is 12.0 Å². The van der Waals surface area contributed by atoms with Crippen LogP contribution >= 0.6 is 11.6 Å². The molecule has 2 rings (SSSR count). The van der Waals surface area contributed by atoms with Crippen LogP contribution in [-0.2, 0) is 6.18 Å². The summed E-state index contributed by atoms with van der Waals surface area (Å²) in [5.74, 6) is 0. The first-order valence-electron chi connectivity index (χ1n) is 4.26. The van der Waals surface area contributed by atoms with Crippen molar-refractivity contribution in [3.8, 4) is 11.3 Å². The number of nitrogens with zero attached hydrogens (tertiary/aromatic N) is 1. The van der Waals surface area contributed by atoms with Crippen LogP contribution in [0.5, 0.6) is 0 Å². The molecule has 0 atom stereocenters. The first-order valence-corrected chi connectivity index (χ1v) is 4.64. The maximum absolute atomic E-state index is 12.5. The van der Waals surface area contributed by atoms with E-state index in [1.165, 1.54) is 24.5 Å². The molecule has 0 fully saturated rings. The molecule has 0 aliphatic carbocycles. The lowest BCUT2D eigenvalue weighted by atomic mass is 10.1. The van der Waals surface area contributed by atoms with E-state index < -0.39 is 11.7 Å². The van der Waals surface area contributed by atoms with E-state index in [4.69, 9.17) is 11.6 Å². The standard InChI is InChI=1S/C10H5ClF3NO/c11-8-2-1-6(9-3-4-16-15-9)5-7(8)10(12,13)14/h1-5H.